The van der Waals surface area contributed by atoms with Gasteiger partial charge >= 0.3 is 0 Å². The molecule has 3 N–H and O–H groups in total. The van der Waals surface area contributed by atoms with E-state index in [-0.39, 0.29) is 5.84 Å². The first-order valence-corrected chi connectivity index (χ1v) is 6.78. The summed E-state index contributed by atoms with van der Waals surface area (Å²) in [6.45, 7) is 0. The summed E-state index contributed by atoms with van der Waals surface area (Å²) >= 11 is 5.96. The summed E-state index contributed by atoms with van der Waals surface area (Å²) in [4.78, 5) is 25.7. The normalized spacial score (nSPS) is 13.8. The maximum Gasteiger partial charge on any atom is 0.287 e. The van der Waals surface area contributed by atoms with Gasteiger partial charge in [0.25, 0.3) is 11.8 Å². The van der Waals surface area contributed by atoms with Crippen LogP contribution in [0, 0.1) is 0 Å². The lowest BCUT2D eigenvalue weighted by Gasteiger charge is -2.20. The second kappa shape index (κ2) is 5.50. The molecule has 7 heteroatoms. The number of amidine groups is 1. The van der Waals surface area contributed by atoms with E-state index >= 15 is 0 Å². The van der Waals surface area contributed by atoms with Crippen LogP contribution in [0.3, 0.4) is 0 Å². The van der Waals surface area contributed by atoms with Crippen molar-refractivity contribution in [1.29, 1.82) is 0 Å². The van der Waals surface area contributed by atoms with Crippen molar-refractivity contribution in [3.8, 4) is 0 Å². The number of nitrogens with zero attached hydrogens (tertiary/aromatic N) is 2. The van der Waals surface area contributed by atoms with E-state index in [1.54, 1.807) is 42.5 Å². The number of carbonyl (C=O) groups excluding carboxylic acids is 2. The summed E-state index contributed by atoms with van der Waals surface area (Å²) in [5, 5.41) is 4.36. The molecule has 2 aromatic carbocycles. The minimum atomic E-state index is -0.816. The van der Waals surface area contributed by atoms with Crippen LogP contribution < -0.4 is 16.1 Å². The van der Waals surface area contributed by atoms with Gasteiger partial charge in [-0.2, -0.15) is 5.10 Å². The number of para-hydroxylation sites is 1. The lowest BCUT2D eigenvalue weighted by atomic mass is 10.1. The van der Waals surface area contributed by atoms with Crippen LogP contribution in [0.4, 0.5) is 11.4 Å². The molecule has 2 amide bonds. The zero-order chi connectivity index (χ0) is 15.7. The molecule has 0 saturated carbocycles. The highest BCUT2D eigenvalue weighted by Crippen LogP contribution is 2.27. The van der Waals surface area contributed by atoms with Crippen LogP contribution in [0.2, 0.25) is 5.02 Å². The summed E-state index contributed by atoms with van der Waals surface area (Å²) in [7, 11) is 0. The number of fused-ring (bicyclic) bond motifs is 1. The molecule has 0 atom stereocenters. The van der Waals surface area contributed by atoms with E-state index in [1.807, 2.05) is 0 Å². The minimum Gasteiger partial charge on any atom is -0.363 e. The molecular weight excluding hydrogens is 304 g/mol. The SMILES string of the molecule is NC(=O)C1=NNc2ccc(Cl)cc2C(=O)N1c1ccccc1. The molecule has 1 heterocycles. The zero-order valence-corrected chi connectivity index (χ0v) is 12.0. The van der Waals surface area contributed by atoms with Crippen molar-refractivity contribution in [1.82, 2.24) is 0 Å². The van der Waals surface area contributed by atoms with E-state index in [2.05, 4.69) is 10.5 Å². The third-order valence-corrected chi connectivity index (χ3v) is 3.38. The molecule has 0 aliphatic carbocycles. The molecule has 0 radical (unpaired) electrons. The molecule has 22 heavy (non-hydrogen) atoms. The van der Waals surface area contributed by atoms with Gasteiger partial charge < -0.3 is 5.73 Å². The molecule has 110 valence electrons. The Morgan fingerprint density at radius 1 is 1.18 bits per heavy atom. The summed E-state index contributed by atoms with van der Waals surface area (Å²) in [5.41, 5.74) is 9.28. The van der Waals surface area contributed by atoms with Gasteiger partial charge in [-0.25, -0.2) is 0 Å². The van der Waals surface area contributed by atoms with Gasteiger partial charge in [0.1, 0.15) is 0 Å². The maximum absolute atomic E-state index is 12.8. The number of primary amides is 1. The molecule has 1 aliphatic rings. The Morgan fingerprint density at radius 2 is 1.91 bits per heavy atom. The van der Waals surface area contributed by atoms with Crippen molar-refractivity contribution in [3.05, 3.63) is 59.1 Å². The summed E-state index contributed by atoms with van der Waals surface area (Å²) in [6, 6.07) is 13.4. The number of carbonyl (C=O) groups is 2. The minimum absolute atomic E-state index is 0.191. The van der Waals surface area contributed by atoms with Gasteiger partial charge in [-0.1, -0.05) is 29.8 Å². The summed E-state index contributed by atoms with van der Waals surface area (Å²) < 4.78 is 0. The van der Waals surface area contributed by atoms with Crippen LogP contribution in [0.15, 0.2) is 53.6 Å². The Labute approximate surface area is 131 Å². The van der Waals surface area contributed by atoms with Crippen LogP contribution in [0.5, 0.6) is 0 Å². The number of amides is 2. The average Bonchev–Trinajstić information content (AvgIpc) is 2.65. The van der Waals surface area contributed by atoms with Crippen molar-refractivity contribution in [3.63, 3.8) is 0 Å². The highest BCUT2D eigenvalue weighted by atomic mass is 35.5. The number of hydrogen-bond donors (Lipinski definition) is 2. The number of benzene rings is 2. The highest BCUT2D eigenvalue weighted by Gasteiger charge is 2.30. The molecule has 1 aliphatic heterocycles. The number of nitrogens with two attached hydrogens (primary N) is 1. The van der Waals surface area contributed by atoms with Crippen LogP contribution >= 0.6 is 11.6 Å². The van der Waals surface area contributed by atoms with Gasteiger partial charge in [0.05, 0.1) is 16.9 Å². The van der Waals surface area contributed by atoms with E-state index in [1.165, 1.54) is 6.07 Å². The molecule has 0 spiro atoms. The van der Waals surface area contributed by atoms with E-state index in [0.717, 1.165) is 4.90 Å². The van der Waals surface area contributed by atoms with Gasteiger partial charge in [-0.3, -0.25) is 19.9 Å². The second-order valence-electron chi connectivity index (χ2n) is 4.58. The topological polar surface area (TPSA) is 87.8 Å². The number of halogens is 1. The van der Waals surface area contributed by atoms with Crippen molar-refractivity contribution < 1.29 is 9.59 Å². The van der Waals surface area contributed by atoms with Gasteiger partial charge in [-0.05, 0) is 30.3 Å². The van der Waals surface area contributed by atoms with Crippen LogP contribution in [0.1, 0.15) is 10.4 Å². The Morgan fingerprint density at radius 3 is 2.59 bits per heavy atom. The van der Waals surface area contributed by atoms with E-state index in [9.17, 15) is 9.59 Å². The quantitative estimate of drug-likeness (QED) is 0.890. The van der Waals surface area contributed by atoms with Gasteiger partial charge in [0.2, 0.25) is 5.84 Å². The van der Waals surface area contributed by atoms with E-state index in [4.69, 9.17) is 17.3 Å². The lowest BCUT2D eigenvalue weighted by Crippen LogP contribution is -2.44. The molecule has 6 nitrogen and oxygen atoms in total. The number of anilines is 2. The molecule has 0 aromatic heterocycles. The average molecular weight is 315 g/mol. The van der Waals surface area contributed by atoms with Crippen molar-refractivity contribution in [2.45, 2.75) is 0 Å². The Hall–Kier alpha value is -2.86. The number of hydrazone groups is 1. The molecule has 0 unspecified atom stereocenters. The molecule has 3 rings (SSSR count). The Bertz CT molecular complexity index is 789. The second-order valence-corrected chi connectivity index (χ2v) is 5.01. The fourth-order valence-electron chi connectivity index (χ4n) is 2.15. The van der Waals surface area contributed by atoms with Gasteiger partial charge in [0.15, 0.2) is 0 Å². The first-order valence-electron chi connectivity index (χ1n) is 6.40. The fraction of sp³-hybridized carbons (Fsp3) is 0. The molecule has 2 aromatic rings. The predicted octanol–water partition coefficient (Wildman–Crippen LogP) is 2.21. The smallest absolute Gasteiger partial charge is 0.287 e. The van der Waals surface area contributed by atoms with Gasteiger partial charge in [0, 0.05) is 5.02 Å². The summed E-state index contributed by atoms with van der Waals surface area (Å²) in [5.74, 6) is -1.45. The van der Waals surface area contributed by atoms with Gasteiger partial charge in [-0.15, -0.1) is 0 Å². The molecule has 0 fully saturated rings. The monoisotopic (exact) mass is 314 g/mol. The number of rotatable bonds is 2. The predicted molar refractivity (Wildman–Crippen MR) is 85.0 cm³/mol. The molecule has 0 saturated heterocycles. The third kappa shape index (κ3) is 2.40. The van der Waals surface area contributed by atoms with Crippen LogP contribution in [0.25, 0.3) is 0 Å². The Kier molecular flexibility index (Phi) is 3.52. The van der Waals surface area contributed by atoms with E-state index in [0.29, 0.717) is 22.0 Å². The third-order valence-electron chi connectivity index (χ3n) is 3.14. The van der Waals surface area contributed by atoms with Crippen LogP contribution in [-0.2, 0) is 4.79 Å². The maximum atomic E-state index is 12.8. The Balaban J connectivity index is 2.19. The van der Waals surface area contributed by atoms with Crippen molar-refractivity contribution in [2.24, 2.45) is 10.8 Å². The van der Waals surface area contributed by atoms with Crippen molar-refractivity contribution >= 4 is 40.6 Å². The van der Waals surface area contributed by atoms with Crippen molar-refractivity contribution in [2.75, 3.05) is 10.3 Å². The molecular formula is C15H11ClN4O2. The van der Waals surface area contributed by atoms with Crippen LogP contribution in [-0.4, -0.2) is 17.6 Å². The largest absolute Gasteiger partial charge is 0.363 e. The first kappa shape index (κ1) is 14.1. The first-order chi connectivity index (χ1) is 10.6. The standard InChI is InChI=1S/C15H11ClN4O2/c16-9-6-7-12-11(8-9)15(22)20(10-4-2-1-3-5-10)14(13(17)21)19-18-12/h1-8,18H,(H2,17,21). The summed E-state index contributed by atoms with van der Waals surface area (Å²) in [6.07, 6.45) is 0. The number of nitrogens with one attached hydrogen (secondary N) is 1. The number of hydrogen-bond acceptors (Lipinski definition) is 4. The fourth-order valence-corrected chi connectivity index (χ4v) is 2.32. The zero-order valence-electron chi connectivity index (χ0n) is 11.3. The van der Waals surface area contributed by atoms with E-state index < -0.39 is 11.8 Å². The molecule has 0 bridgehead atoms. The lowest BCUT2D eigenvalue weighted by molar-refractivity contribution is -0.112. The highest BCUT2D eigenvalue weighted by molar-refractivity contribution is 6.49.